The van der Waals surface area contributed by atoms with Crippen molar-refractivity contribution in [3.05, 3.63) is 29.3 Å². The fraction of sp³-hybridized carbons (Fsp3) is 0.444. The average Bonchev–Trinajstić information content (AvgIpc) is 3.42. The molecule has 0 radical (unpaired) electrons. The highest BCUT2D eigenvalue weighted by Gasteiger charge is 2.32. The third-order valence-corrected chi connectivity index (χ3v) is 4.83. The maximum Gasteiger partial charge on any atom is 0.260 e. The van der Waals surface area contributed by atoms with E-state index in [-0.39, 0.29) is 30.9 Å². The lowest BCUT2D eigenvalue weighted by atomic mass is 10.3. The predicted molar refractivity (Wildman–Crippen MR) is 101 cm³/mol. The second-order valence-corrected chi connectivity index (χ2v) is 7.36. The van der Waals surface area contributed by atoms with Crippen molar-refractivity contribution in [2.45, 2.75) is 32.2 Å². The fourth-order valence-corrected chi connectivity index (χ4v) is 3.22. The molecule has 1 heterocycles. The van der Waals surface area contributed by atoms with Crippen LogP contribution in [0.15, 0.2) is 24.3 Å². The summed E-state index contributed by atoms with van der Waals surface area (Å²) in [6.07, 6.45) is 2.12. The Morgan fingerprint density at radius 3 is 2.63 bits per heavy atom. The zero-order valence-corrected chi connectivity index (χ0v) is 16.1. The molecule has 1 N–H and O–H groups in total. The Labute approximate surface area is 161 Å². The molecular formula is C18H22N4O4S. The minimum atomic E-state index is -0.185. The van der Waals surface area contributed by atoms with Crippen LogP contribution in [0, 0.1) is 6.92 Å². The van der Waals surface area contributed by atoms with Gasteiger partial charge in [-0.05, 0) is 31.9 Å². The monoisotopic (exact) mass is 390 g/mol. The number of ether oxygens (including phenoxy) is 2. The van der Waals surface area contributed by atoms with Crippen LogP contribution in [0.4, 0.5) is 5.13 Å². The van der Waals surface area contributed by atoms with Gasteiger partial charge in [-0.15, -0.1) is 10.2 Å². The first-order valence-electron chi connectivity index (χ1n) is 8.72. The van der Waals surface area contributed by atoms with Gasteiger partial charge >= 0.3 is 0 Å². The van der Waals surface area contributed by atoms with Crippen LogP contribution < -0.4 is 14.8 Å². The summed E-state index contributed by atoms with van der Waals surface area (Å²) < 4.78 is 10.8. The van der Waals surface area contributed by atoms with E-state index in [9.17, 15) is 9.59 Å². The van der Waals surface area contributed by atoms with Crippen molar-refractivity contribution < 1.29 is 19.1 Å². The number of nitrogens with zero attached hydrogens (tertiary/aromatic N) is 3. The Kier molecular flexibility index (Phi) is 6.23. The summed E-state index contributed by atoms with van der Waals surface area (Å²) in [5.74, 6) is 0.779. The third kappa shape index (κ3) is 5.40. The quantitative estimate of drug-likeness (QED) is 0.706. The Hall–Kier alpha value is -2.68. The van der Waals surface area contributed by atoms with E-state index in [0.29, 0.717) is 23.2 Å². The summed E-state index contributed by atoms with van der Waals surface area (Å²) in [4.78, 5) is 26.4. The van der Waals surface area contributed by atoms with Gasteiger partial charge in [0, 0.05) is 19.0 Å². The van der Waals surface area contributed by atoms with Gasteiger partial charge in [-0.1, -0.05) is 23.5 Å². The van der Waals surface area contributed by atoms with Gasteiger partial charge in [0.1, 0.15) is 5.01 Å². The molecule has 0 unspecified atom stereocenters. The van der Waals surface area contributed by atoms with Crippen LogP contribution in [0.1, 0.15) is 24.3 Å². The number of nitrogens with one attached hydrogen (secondary N) is 1. The minimum absolute atomic E-state index is 0.0892. The Morgan fingerprint density at radius 2 is 2.00 bits per heavy atom. The highest BCUT2D eigenvalue weighted by molar-refractivity contribution is 7.15. The molecule has 0 aliphatic heterocycles. The van der Waals surface area contributed by atoms with E-state index in [2.05, 4.69) is 15.5 Å². The largest absolute Gasteiger partial charge is 0.493 e. The van der Waals surface area contributed by atoms with Gasteiger partial charge in [0.05, 0.1) is 7.11 Å². The molecule has 0 atom stereocenters. The summed E-state index contributed by atoms with van der Waals surface area (Å²) in [5, 5.41) is 11.7. The number of rotatable bonds is 9. The van der Waals surface area contributed by atoms with Gasteiger partial charge in [0.15, 0.2) is 18.1 Å². The lowest BCUT2D eigenvalue weighted by Crippen LogP contribution is -2.38. The number of amides is 2. The Bertz CT molecular complexity index is 806. The number of anilines is 1. The smallest absolute Gasteiger partial charge is 0.260 e. The molecule has 1 fully saturated rings. The van der Waals surface area contributed by atoms with Gasteiger partial charge in [-0.2, -0.15) is 0 Å². The van der Waals surface area contributed by atoms with Crippen molar-refractivity contribution in [3.8, 4) is 11.5 Å². The molecule has 1 aromatic heterocycles. The van der Waals surface area contributed by atoms with Crippen LogP contribution in [0.25, 0.3) is 0 Å². The maximum atomic E-state index is 12.6. The molecule has 2 amide bonds. The first kappa shape index (κ1) is 19.1. The van der Waals surface area contributed by atoms with Gasteiger partial charge in [-0.3, -0.25) is 9.59 Å². The van der Waals surface area contributed by atoms with Gasteiger partial charge in [0.2, 0.25) is 11.0 Å². The second-order valence-electron chi connectivity index (χ2n) is 6.18. The molecule has 8 nitrogen and oxygen atoms in total. The minimum Gasteiger partial charge on any atom is -0.493 e. The molecular weight excluding hydrogens is 368 g/mol. The van der Waals surface area contributed by atoms with Crippen LogP contribution in [-0.2, 0) is 9.59 Å². The summed E-state index contributed by atoms with van der Waals surface area (Å²) in [6, 6.07) is 7.38. The molecule has 2 aromatic rings. The lowest BCUT2D eigenvalue weighted by molar-refractivity contribution is -0.134. The van der Waals surface area contributed by atoms with Crippen LogP contribution in [0.5, 0.6) is 11.5 Å². The van der Waals surface area contributed by atoms with Crippen LogP contribution in [0.3, 0.4) is 0 Å². The molecule has 1 aromatic carbocycles. The highest BCUT2D eigenvalue weighted by atomic mass is 32.1. The van der Waals surface area contributed by atoms with E-state index in [1.54, 1.807) is 24.1 Å². The summed E-state index contributed by atoms with van der Waals surface area (Å²) >= 11 is 1.32. The van der Waals surface area contributed by atoms with Crippen molar-refractivity contribution in [1.29, 1.82) is 0 Å². The van der Waals surface area contributed by atoms with Gasteiger partial charge in [-0.25, -0.2) is 0 Å². The normalized spacial score (nSPS) is 13.1. The number of carbonyl (C=O) groups excluding carboxylic acids is 2. The van der Waals surface area contributed by atoms with E-state index in [1.165, 1.54) is 11.3 Å². The zero-order valence-electron chi connectivity index (χ0n) is 15.3. The van der Waals surface area contributed by atoms with Gasteiger partial charge in [0.25, 0.3) is 5.91 Å². The highest BCUT2D eigenvalue weighted by Crippen LogP contribution is 2.29. The first-order valence-corrected chi connectivity index (χ1v) is 9.53. The molecule has 1 saturated carbocycles. The average molecular weight is 390 g/mol. The molecule has 3 rings (SSSR count). The maximum absolute atomic E-state index is 12.6. The van der Waals surface area contributed by atoms with E-state index < -0.39 is 0 Å². The Balaban J connectivity index is 1.50. The van der Waals surface area contributed by atoms with Crippen molar-refractivity contribution in [2.75, 3.05) is 25.6 Å². The van der Waals surface area contributed by atoms with Crippen molar-refractivity contribution in [3.63, 3.8) is 0 Å². The molecule has 9 heteroatoms. The zero-order chi connectivity index (χ0) is 19.2. The number of hydrogen-bond acceptors (Lipinski definition) is 7. The molecule has 1 aliphatic carbocycles. The van der Waals surface area contributed by atoms with Crippen LogP contribution >= 0.6 is 11.3 Å². The second kappa shape index (κ2) is 8.81. The number of aryl methyl sites for hydroxylation is 1. The SMILES string of the molecule is COc1ccccc1OCC(=O)N(CCC(=O)Nc1nnc(C)s1)C1CC1. The predicted octanol–water partition coefficient (Wildman–Crippen LogP) is 2.25. The Morgan fingerprint density at radius 1 is 1.26 bits per heavy atom. The number of carbonyl (C=O) groups is 2. The standard InChI is InChI=1S/C18H22N4O4S/c1-12-20-21-18(27-12)19-16(23)9-10-22(13-7-8-13)17(24)11-26-15-6-4-3-5-14(15)25-2/h3-6,13H,7-11H2,1-2H3,(H,19,21,23). The summed E-state index contributed by atoms with van der Waals surface area (Å²) in [7, 11) is 1.55. The third-order valence-electron chi connectivity index (χ3n) is 4.08. The topological polar surface area (TPSA) is 93.7 Å². The van der Waals surface area contributed by atoms with E-state index >= 15 is 0 Å². The summed E-state index contributed by atoms with van der Waals surface area (Å²) in [5.41, 5.74) is 0. The van der Waals surface area contributed by atoms with E-state index in [0.717, 1.165) is 17.8 Å². The van der Waals surface area contributed by atoms with Crippen molar-refractivity contribution in [1.82, 2.24) is 15.1 Å². The molecule has 0 spiro atoms. The van der Waals surface area contributed by atoms with E-state index in [1.807, 2.05) is 19.1 Å². The van der Waals surface area contributed by atoms with Crippen LogP contribution in [0.2, 0.25) is 0 Å². The molecule has 0 bridgehead atoms. The fourth-order valence-electron chi connectivity index (χ4n) is 2.61. The van der Waals surface area contributed by atoms with Crippen molar-refractivity contribution in [2.24, 2.45) is 0 Å². The lowest BCUT2D eigenvalue weighted by Gasteiger charge is -2.22. The molecule has 0 saturated heterocycles. The van der Waals surface area contributed by atoms with Crippen molar-refractivity contribution >= 4 is 28.3 Å². The number of hydrogen-bond donors (Lipinski definition) is 1. The number of methoxy groups -OCH3 is 1. The number of aromatic nitrogens is 2. The number of para-hydroxylation sites is 2. The first-order chi connectivity index (χ1) is 13.1. The van der Waals surface area contributed by atoms with E-state index in [4.69, 9.17) is 9.47 Å². The van der Waals surface area contributed by atoms with Crippen LogP contribution in [-0.4, -0.2) is 53.2 Å². The van der Waals surface area contributed by atoms with Gasteiger partial charge < -0.3 is 19.7 Å². The molecule has 27 heavy (non-hydrogen) atoms. The summed E-state index contributed by atoms with van der Waals surface area (Å²) in [6.45, 7) is 2.08. The molecule has 144 valence electrons. The molecule has 1 aliphatic rings. The number of benzene rings is 1.